The Hall–Kier alpha value is -2.88. The lowest BCUT2D eigenvalue weighted by Crippen LogP contribution is -2.51. The molecule has 3 unspecified atom stereocenters. The first-order valence-electron chi connectivity index (χ1n) is 10.3. The van der Waals surface area contributed by atoms with Gasteiger partial charge in [0.25, 0.3) is 0 Å². The molecule has 0 bridgehead atoms. The van der Waals surface area contributed by atoms with Crippen molar-refractivity contribution in [2.45, 2.75) is 45.6 Å². The fourth-order valence-electron chi connectivity index (χ4n) is 4.82. The maximum atomic E-state index is 13.4. The first-order chi connectivity index (χ1) is 13.9. The van der Waals surface area contributed by atoms with Gasteiger partial charge in [0, 0.05) is 35.3 Å². The van der Waals surface area contributed by atoms with E-state index in [9.17, 15) is 9.59 Å². The molecular formula is C25H28N2O2. The maximum absolute atomic E-state index is 13.4. The third-order valence-corrected chi connectivity index (χ3v) is 6.03. The second-order valence-electron chi connectivity index (χ2n) is 9.04. The van der Waals surface area contributed by atoms with Gasteiger partial charge >= 0.3 is 0 Å². The van der Waals surface area contributed by atoms with Crippen LogP contribution in [0.2, 0.25) is 0 Å². The van der Waals surface area contributed by atoms with E-state index in [1.54, 1.807) is 0 Å². The molecule has 0 fully saturated rings. The minimum atomic E-state index is -0.374. The second kappa shape index (κ2) is 7.51. The average Bonchev–Trinajstić information content (AvgIpc) is 2.67. The lowest BCUT2D eigenvalue weighted by atomic mass is 9.65. The van der Waals surface area contributed by atoms with Crippen molar-refractivity contribution < 1.29 is 9.59 Å². The van der Waals surface area contributed by atoms with Crippen molar-refractivity contribution in [1.82, 2.24) is 5.32 Å². The number of anilines is 1. The van der Waals surface area contributed by atoms with E-state index >= 15 is 0 Å². The summed E-state index contributed by atoms with van der Waals surface area (Å²) in [6.07, 6.45) is 1.34. The molecule has 1 aliphatic heterocycles. The lowest BCUT2D eigenvalue weighted by molar-refractivity contribution is -0.122. The van der Waals surface area contributed by atoms with Crippen molar-refractivity contribution in [2.24, 2.45) is 11.3 Å². The van der Waals surface area contributed by atoms with Gasteiger partial charge in [-0.05, 0) is 36.5 Å². The molecule has 4 nitrogen and oxygen atoms in total. The first-order valence-corrected chi connectivity index (χ1v) is 10.3. The van der Waals surface area contributed by atoms with Crippen molar-refractivity contribution in [3.05, 3.63) is 77.5 Å². The highest BCUT2D eigenvalue weighted by Gasteiger charge is 2.47. The van der Waals surface area contributed by atoms with Crippen molar-refractivity contribution in [3.63, 3.8) is 0 Å². The van der Waals surface area contributed by atoms with Crippen LogP contribution >= 0.6 is 0 Å². The Morgan fingerprint density at radius 1 is 1.00 bits per heavy atom. The molecule has 2 aliphatic rings. The molecule has 0 aromatic heterocycles. The van der Waals surface area contributed by atoms with Crippen LogP contribution in [0.15, 0.2) is 71.9 Å². The van der Waals surface area contributed by atoms with Crippen LogP contribution in [0, 0.1) is 11.3 Å². The number of rotatable bonds is 3. The summed E-state index contributed by atoms with van der Waals surface area (Å²) in [5, 5.41) is 6.57. The Bertz CT molecular complexity index is 947. The van der Waals surface area contributed by atoms with Crippen molar-refractivity contribution >= 4 is 17.4 Å². The molecule has 1 heterocycles. The molecule has 0 saturated heterocycles. The second-order valence-corrected chi connectivity index (χ2v) is 9.04. The molecule has 4 heteroatoms. The predicted molar refractivity (Wildman–Crippen MR) is 115 cm³/mol. The summed E-state index contributed by atoms with van der Waals surface area (Å²) in [5.74, 6) is -0.521. The normalized spacial score (nSPS) is 25.8. The van der Waals surface area contributed by atoms with Crippen LogP contribution in [-0.4, -0.2) is 17.7 Å². The lowest BCUT2D eigenvalue weighted by Gasteiger charge is -2.44. The molecule has 2 aromatic carbocycles. The first kappa shape index (κ1) is 19.4. The Kier molecular flexibility index (Phi) is 5.03. The molecule has 29 heavy (non-hydrogen) atoms. The van der Waals surface area contributed by atoms with Gasteiger partial charge in [-0.3, -0.25) is 9.59 Å². The predicted octanol–water partition coefficient (Wildman–Crippen LogP) is 4.66. The van der Waals surface area contributed by atoms with Gasteiger partial charge in [0.15, 0.2) is 5.78 Å². The molecule has 150 valence electrons. The summed E-state index contributed by atoms with van der Waals surface area (Å²) in [6.45, 7) is 6.31. The number of benzene rings is 2. The molecule has 4 rings (SSSR count). The van der Waals surface area contributed by atoms with E-state index in [4.69, 9.17) is 0 Å². The van der Waals surface area contributed by atoms with Crippen LogP contribution in [0.1, 0.15) is 45.1 Å². The van der Waals surface area contributed by atoms with Crippen LogP contribution in [0.5, 0.6) is 0 Å². The average molecular weight is 389 g/mol. The summed E-state index contributed by atoms with van der Waals surface area (Å²) in [6, 6.07) is 19.4. The number of amides is 1. The molecule has 3 atom stereocenters. The van der Waals surface area contributed by atoms with Gasteiger partial charge in [0.05, 0.1) is 5.92 Å². The van der Waals surface area contributed by atoms with Gasteiger partial charge < -0.3 is 10.6 Å². The summed E-state index contributed by atoms with van der Waals surface area (Å²) in [7, 11) is 0. The van der Waals surface area contributed by atoms with Crippen molar-refractivity contribution in [1.29, 1.82) is 0 Å². The van der Waals surface area contributed by atoms with Gasteiger partial charge in [-0.1, -0.05) is 62.4 Å². The van der Waals surface area contributed by atoms with Gasteiger partial charge in [0.1, 0.15) is 0 Å². The van der Waals surface area contributed by atoms with Crippen LogP contribution in [-0.2, 0) is 9.59 Å². The highest BCUT2D eigenvalue weighted by Crippen LogP contribution is 2.47. The van der Waals surface area contributed by atoms with E-state index in [0.717, 1.165) is 28.9 Å². The zero-order valence-corrected chi connectivity index (χ0v) is 17.2. The summed E-state index contributed by atoms with van der Waals surface area (Å²) in [5.41, 5.74) is 3.53. The summed E-state index contributed by atoms with van der Waals surface area (Å²) < 4.78 is 0. The van der Waals surface area contributed by atoms with Crippen LogP contribution in [0.4, 0.5) is 5.69 Å². The Morgan fingerprint density at radius 3 is 2.28 bits per heavy atom. The SMILES string of the molecule is CC1NC2=C(C(=O)CC(C)(C)C2)C(c2ccccc2)C1C(=O)Nc1ccccc1. The molecule has 0 spiro atoms. The fourth-order valence-corrected chi connectivity index (χ4v) is 4.82. The number of nitrogens with one attached hydrogen (secondary N) is 2. The Labute approximate surface area is 172 Å². The number of carbonyl (C=O) groups is 2. The minimum Gasteiger partial charge on any atom is -0.385 e. The van der Waals surface area contributed by atoms with Crippen molar-refractivity contribution in [2.75, 3.05) is 5.32 Å². The van der Waals surface area contributed by atoms with Gasteiger partial charge in [-0.15, -0.1) is 0 Å². The molecule has 2 aromatic rings. The van der Waals surface area contributed by atoms with E-state index in [0.29, 0.717) is 6.42 Å². The van der Waals surface area contributed by atoms with E-state index in [1.165, 1.54) is 0 Å². The highest BCUT2D eigenvalue weighted by molar-refractivity contribution is 6.02. The van der Waals surface area contributed by atoms with Gasteiger partial charge in [0.2, 0.25) is 5.91 Å². The van der Waals surface area contributed by atoms with Crippen molar-refractivity contribution in [3.8, 4) is 0 Å². The highest BCUT2D eigenvalue weighted by atomic mass is 16.2. The summed E-state index contributed by atoms with van der Waals surface area (Å²) >= 11 is 0. The number of hydrogen-bond acceptors (Lipinski definition) is 3. The maximum Gasteiger partial charge on any atom is 0.230 e. The molecule has 1 aliphatic carbocycles. The van der Waals surface area contributed by atoms with E-state index < -0.39 is 0 Å². The molecule has 2 N–H and O–H groups in total. The van der Waals surface area contributed by atoms with Crippen LogP contribution < -0.4 is 10.6 Å². The molecule has 0 radical (unpaired) electrons. The third kappa shape index (κ3) is 3.84. The zero-order chi connectivity index (χ0) is 20.6. The number of para-hydroxylation sites is 1. The van der Waals surface area contributed by atoms with E-state index in [1.807, 2.05) is 67.6 Å². The number of ketones is 1. The number of hydrogen-bond donors (Lipinski definition) is 2. The van der Waals surface area contributed by atoms with Crippen LogP contribution in [0.3, 0.4) is 0 Å². The Morgan fingerprint density at radius 2 is 1.62 bits per heavy atom. The largest absolute Gasteiger partial charge is 0.385 e. The topological polar surface area (TPSA) is 58.2 Å². The smallest absolute Gasteiger partial charge is 0.230 e. The third-order valence-electron chi connectivity index (χ3n) is 6.03. The van der Waals surface area contributed by atoms with E-state index in [-0.39, 0.29) is 35.0 Å². The molecule has 0 saturated carbocycles. The minimum absolute atomic E-state index is 0.0609. The molecular weight excluding hydrogens is 360 g/mol. The van der Waals surface area contributed by atoms with Crippen LogP contribution in [0.25, 0.3) is 0 Å². The molecule has 1 amide bonds. The number of carbonyl (C=O) groups excluding carboxylic acids is 2. The van der Waals surface area contributed by atoms with E-state index in [2.05, 4.69) is 24.5 Å². The number of Topliss-reactive ketones (excluding diaryl/α,β-unsaturated/α-hetero) is 1. The van der Waals surface area contributed by atoms with Gasteiger partial charge in [-0.2, -0.15) is 0 Å². The van der Waals surface area contributed by atoms with Gasteiger partial charge in [-0.25, -0.2) is 0 Å². The summed E-state index contributed by atoms with van der Waals surface area (Å²) in [4.78, 5) is 26.6. The Balaban J connectivity index is 1.77. The zero-order valence-electron chi connectivity index (χ0n) is 17.2. The fraction of sp³-hybridized carbons (Fsp3) is 0.360. The quantitative estimate of drug-likeness (QED) is 0.804. The monoisotopic (exact) mass is 388 g/mol. The number of allylic oxidation sites excluding steroid dienone is 2. The standard InChI is InChI=1S/C25H28N2O2/c1-16-21(24(29)27-18-12-8-5-9-13-18)22(17-10-6-4-7-11-17)23-19(26-16)14-25(2,3)15-20(23)28/h4-13,16,21-22,26H,14-15H2,1-3H3,(H,27,29).